The highest BCUT2D eigenvalue weighted by molar-refractivity contribution is 7.15. The number of rotatable bonds is 4. The van der Waals surface area contributed by atoms with Gasteiger partial charge < -0.3 is 14.8 Å². The van der Waals surface area contributed by atoms with E-state index in [0.29, 0.717) is 45.5 Å². The first kappa shape index (κ1) is 18.7. The molecule has 2 aromatic carbocycles. The summed E-state index contributed by atoms with van der Waals surface area (Å²) in [5.41, 5.74) is 1.45. The van der Waals surface area contributed by atoms with Crippen LogP contribution in [0.3, 0.4) is 0 Å². The summed E-state index contributed by atoms with van der Waals surface area (Å²) in [6.45, 7) is 1.05. The normalized spacial score (nSPS) is 13.3. The molecule has 1 aromatic heterocycles. The van der Waals surface area contributed by atoms with E-state index in [2.05, 4.69) is 15.5 Å². The van der Waals surface area contributed by atoms with Crippen LogP contribution in [0.25, 0.3) is 11.1 Å². The summed E-state index contributed by atoms with van der Waals surface area (Å²) in [4.78, 5) is 12.3. The van der Waals surface area contributed by atoms with E-state index >= 15 is 0 Å². The van der Waals surface area contributed by atoms with E-state index in [1.165, 1.54) is 0 Å². The number of hydrogen-bond acceptors (Lipinski definition) is 6. The van der Waals surface area contributed by atoms with Crippen LogP contribution in [-0.2, 0) is 0 Å². The molecule has 0 unspecified atom stereocenters. The zero-order chi connectivity index (χ0) is 19.5. The molecule has 3 aromatic rings. The standard InChI is InChI=1S/C19H13Cl2N3O3S/c20-12-2-4-13(5-3-12)22-17(25)19-24-23-18(28-19)14(21)9-11-1-6-15-16(10-11)27-8-7-26-15/h1-6,9-10H,7-8H2,(H,22,25)/b14-9-. The first-order chi connectivity index (χ1) is 13.6. The monoisotopic (exact) mass is 433 g/mol. The quantitative estimate of drug-likeness (QED) is 0.629. The van der Waals surface area contributed by atoms with Gasteiger partial charge in [0.1, 0.15) is 13.2 Å². The molecule has 0 saturated heterocycles. The van der Waals surface area contributed by atoms with Crippen LogP contribution in [0, 0.1) is 0 Å². The van der Waals surface area contributed by atoms with Crippen LogP contribution in [-0.4, -0.2) is 29.3 Å². The number of aromatic nitrogens is 2. The Morgan fingerprint density at radius 2 is 1.75 bits per heavy atom. The third-order valence-corrected chi connectivity index (χ3v) is 5.39. The van der Waals surface area contributed by atoms with Crippen molar-refractivity contribution in [2.45, 2.75) is 0 Å². The van der Waals surface area contributed by atoms with Gasteiger partial charge in [-0.3, -0.25) is 4.79 Å². The van der Waals surface area contributed by atoms with Crippen molar-refractivity contribution in [1.82, 2.24) is 10.2 Å². The van der Waals surface area contributed by atoms with Crippen molar-refractivity contribution in [2.24, 2.45) is 0 Å². The number of benzene rings is 2. The molecule has 2 heterocycles. The van der Waals surface area contributed by atoms with Gasteiger partial charge in [0.25, 0.3) is 5.91 Å². The van der Waals surface area contributed by atoms with Gasteiger partial charge in [-0.15, -0.1) is 10.2 Å². The lowest BCUT2D eigenvalue weighted by atomic mass is 10.2. The second-order valence-corrected chi connectivity index (χ2v) is 7.59. The Morgan fingerprint density at radius 1 is 1.04 bits per heavy atom. The third-order valence-electron chi connectivity index (χ3n) is 3.79. The topological polar surface area (TPSA) is 73.3 Å². The first-order valence-electron chi connectivity index (χ1n) is 8.26. The fourth-order valence-corrected chi connectivity index (χ4v) is 3.54. The molecule has 1 aliphatic rings. The summed E-state index contributed by atoms with van der Waals surface area (Å²) in [5, 5.41) is 12.3. The number of amides is 1. The Labute approximate surface area is 174 Å². The third kappa shape index (κ3) is 4.27. The molecule has 0 atom stereocenters. The van der Waals surface area contributed by atoms with Crippen molar-refractivity contribution in [3.63, 3.8) is 0 Å². The van der Waals surface area contributed by atoms with Crippen LogP contribution in [0.4, 0.5) is 5.69 Å². The highest BCUT2D eigenvalue weighted by Crippen LogP contribution is 2.33. The van der Waals surface area contributed by atoms with E-state index in [1.807, 2.05) is 18.2 Å². The smallest absolute Gasteiger partial charge is 0.286 e. The van der Waals surface area contributed by atoms with E-state index in [1.54, 1.807) is 30.3 Å². The van der Waals surface area contributed by atoms with Crippen LogP contribution in [0.2, 0.25) is 5.02 Å². The fourth-order valence-electron chi connectivity index (χ4n) is 2.49. The molecule has 9 heteroatoms. The summed E-state index contributed by atoms with van der Waals surface area (Å²) in [6, 6.07) is 12.3. The minimum atomic E-state index is -0.366. The van der Waals surface area contributed by atoms with Crippen molar-refractivity contribution < 1.29 is 14.3 Å². The van der Waals surface area contributed by atoms with Crippen molar-refractivity contribution in [1.29, 1.82) is 0 Å². The second kappa shape index (κ2) is 8.18. The van der Waals surface area contributed by atoms with E-state index in [4.69, 9.17) is 32.7 Å². The zero-order valence-electron chi connectivity index (χ0n) is 14.3. The van der Waals surface area contributed by atoms with E-state index in [0.717, 1.165) is 16.9 Å². The van der Waals surface area contributed by atoms with Gasteiger partial charge in [0, 0.05) is 10.7 Å². The lowest BCUT2D eigenvalue weighted by Crippen LogP contribution is -2.15. The molecular weight excluding hydrogens is 421 g/mol. The van der Waals surface area contributed by atoms with Gasteiger partial charge in [0.15, 0.2) is 16.5 Å². The zero-order valence-corrected chi connectivity index (χ0v) is 16.6. The SMILES string of the molecule is O=C(Nc1ccc(Cl)cc1)c1nnc(/C(Cl)=C/c2ccc3c(c2)OCCO3)s1. The number of nitrogens with one attached hydrogen (secondary N) is 1. The largest absolute Gasteiger partial charge is 0.486 e. The number of fused-ring (bicyclic) bond motifs is 1. The molecule has 0 spiro atoms. The maximum absolute atomic E-state index is 12.3. The van der Waals surface area contributed by atoms with Gasteiger partial charge in [-0.25, -0.2) is 0 Å². The molecule has 4 rings (SSSR count). The number of anilines is 1. The molecule has 1 amide bonds. The van der Waals surface area contributed by atoms with Gasteiger partial charge in [0.2, 0.25) is 5.01 Å². The predicted molar refractivity (Wildman–Crippen MR) is 110 cm³/mol. The molecule has 28 heavy (non-hydrogen) atoms. The number of carbonyl (C=O) groups is 1. The highest BCUT2D eigenvalue weighted by atomic mass is 35.5. The lowest BCUT2D eigenvalue weighted by molar-refractivity contribution is 0.102. The Balaban J connectivity index is 1.49. The van der Waals surface area contributed by atoms with E-state index in [-0.39, 0.29) is 10.9 Å². The minimum Gasteiger partial charge on any atom is -0.486 e. The molecule has 0 aliphatic carbocycles. The molecule has 6 nitrogen and oxygen atoms in total. The second-order valence-electron chi connectivity index (χ2n) is 5.77. The van der Waals surface area contributed by atoms with Crippen LogP contribution in [0.15, 0.2) is 42.5 Å². The molecule has 1 aliphatic heterocycles. The van der Waals surface area contributed by atoms with Gasteiger partial charge in [-0.05, 0) is 48.0 Å². The van der Waals surface area contributed by atoms with Crippen molar-refractivity contribution in [3.05, 3.63) is 63.1 Å². The van der Waals surface area contributed by atoms with Gasteiger partial charge in [0.05, 0.1) is 5.03 Å². The van der Waals surface area contributed by atoms with Crippen molar-refractivity contribution >= 4 is 57.2 Å². The summed E-state index contributed by atoms with van der Waals surface area (Å²) in [7, 11) is 0. The summed E-state index contributed by atoms with van der Waals surface area (Å²) in [6.07, 6.45) is 1.74. The average molecular weight is 434 g/mol. The van der Waals surface area contributed by atoms with Crippen molar-refractivity contribution in [2.75, 3.05) is 18.5 Å². The van der Waals surface area contributed by atoms with Gasteiger partial charge >= 0.3 is 0 Å². The molecule has 0 saturated carbocycles. The summed E-state index contributed by atoms with van der Waals surface area (Å²) >= 11 is 13.3. The van der Waals surface area contributed by atoms with E-state index < -0.39 is 0 Å². The van der Waals surface area contributed by atoms with Crippen LogP contribution < -0.4 is 14.8 Å². The Kier molecular flexibility index (Phi) is 5.47. The maximum atomic E-state index is 12.3. The fraction of sp³-hybridized carbons (Fsp3) is 0.105. The van der Waals surface area contributed by atoms with Crippen LogP contribution in [0.5, 0.6) is 11.5 Å². The Bertz CT molecular complexity index is 1050. The van der Waals surface area contributed by atoms with Gasteiger partial charge in [-0.1, -0.05) is 40.6 Å². The number of halogens is 2. The van der Waals surface area contributed by atoms with E-state index in [9.17, 15) is 4.79 Å². The number of carbonyl (C=O) groups excluding carboxylic acids is 1. The molecule has 0 radical (unpaired) electrons. The molecule has 1 N–H and O–H groups in total. The predicted octanol–water partition coefficient (Wildman–Crippen LogP) is 4.95. The number of hydrogen-bond donors (Lipinski definition) is 1. The summed E-state index contributed by atoms with van der Waals surface area (Å²) < 4.78 is 11.1. The molecule has 0 fully saturated rings. The van der Waals surface area contributed by atoms with Crippen LogP contribution in [0.1, 0.15) is 20.4 Å². The number of ether oxygens (including phenoxy) is 2. The number of nitrogens with zero attached hydrogens (tertiary/aromatic N) is 2. The van der Waals surface area contributed by atoms with Gasteiger partial charge in [-0.2, -0.15) is 0 Å². The van der Waals surface area contributed by atoms with Crippen LogP contribution >= 0.6 is 34.5 Å². The molecule has 142 valence electrons. The maximum Gasteiger partial charge on any atom is 0.286 e. The minimum absolute atomic E-state index is 0.207. The lowest BCUT2D eigenvalue weighted by Gasteiger charge is -2.18. The summed E-state index contributed by atoms with van der Waals surface area (Å²) in [5.74, 6) is 1.01. The molecule has 0 bridgehead atoms. The Hall–Kier alpha value is -2.61. The molecular formula is C19H13Cl2N3O3S. The Morgan fingerprint density at radius 3 is 2.54 bits per heavy atom. The first-order valence-corrected chi connectivity index (χ1v) is 9.83. The average Bonchev–Trinajstić information content (AvgIpc) is 3.20. The van der Waals surface area contributed by atoms with Crippen molar-refractivity contribution in [3.8, 4) is 11.5 Å². The highest BCUT2D eigenvalue weighted by Gasteiger charge is 2.16.